The molecule has 2 N–H and O–H groups in total. The summed E-state index contributed by atoms with van der Waals surface area (Å²) in [6.07, 6.45) is 0.452. The Bertz CT molecular complexity index is 1170. The third kappa shape index (κ3) is 6.76. The summed E-state index contributed by atoms with van der Waals surface area (Å²) >= 11 is 1.10. The number of nitrogens with zero attached hydrogens (tertiary/aromatic N) is 1. The molecular weight excluding hydrogens is 470 g/mol. The van der Waals surface area contributed by atoms with Crippen LogP contribution in [-0.2, 0) is 24.3 Å². The number of hydrogen-bond donors (Lipinski definition) is 2. The molecule has 1 amide bonds. The minimum absolute atomic E-state index is 0.303. The van der Waals surface area contributed by atoms with Crippen molar-refractivity contribution < 1.29 is 27.7 Å². The number of nitro benzene ring substituents is 1. The van der Waals surface area contributed by atoms with Crippen molar-refractivity contribution in [3.05, 3.63) is 57.1 Å². The van der Waals surface area contributed by atoms with E-state index in [9.17, 15) is 28.1 Å². The molecule has 10 nitrogen and oxygen atoms in total. The van der Waals surface area contributed by atoms with Gasteiger partial charge in [0.05, 0.1) is 14.7 Å². The molecule has 0 aliphatic rings. The van der Waals surface area contributed by atoms with Crippen molar-refractivity contribution in [3.63, 3.8) is 0 Å². The summed E-state index contributed by atoms with van der Waals surface area (Å²) in [4.78, 5) is 35.0. The maximum absolute atomic E-state index is 12.4. The number of thioether (sulfide) groups is 1. The van der Waals surface area contributed by atoms with Gasteiger partial charge in [0.15, 0.2) is 6.10 Å². The molecule has 0 saturated heterocycles. The van der Waals surface area contributed by atoms with Crippen LogP contribution >= 0.6 is 11.8 Å². The molecule has 0 saturated carbocycles. The first-order valence-corrected chi connectivity index (χ1v) is 12.5. The van der Waals surface area contributed by atoms with Crippen LogP contribution in [0.5, 0.6) is 0 Å². The Morgan fingerprint density at radius 2 is 1.76 bits per heavy atom. The number of carbonyl (C=O) groups is 2. The number of rotatable bonds is 9. The van der Waals surface area contributed by atoms with Crippen molar-refractivity contribution in [2.75, 3.05) is 18.1 Å². The second kappa shape index (κ2) is 10.8. The Kier molecular flexibility index (Phi) is 8.58. The zero-order valence-corrected chi connectivity index (χ0v) is 20.4. The van der Waals surface area contributed by atoms with E-state index in [0.29, 0.717) is 10.6 Å². The van der Waals surface area contributed by atoms with Crippen molar-refractivity contribution in [3.8, 4) is 0 Å². The number of aryl methyl sites for hydroxylation is 3. The van der Waals surface area contributed by atoms with E-state index in [0.717, 1.165) is 34.5 Å². The van der Waals surface area contributed by atoms with Gasteiger partial charge in [-0.3, -0.25) is 19.7 Å². The van der Waals surface area contributed by atoms with Crippen molar-refractivity contribution in [1.29, 1.82) is 0 Å². The van der Waals surface area contributed by atoms with Gasteiger partial charge in [0, 0.05) is 11.8 Å². The molecule has 33 heavy (non-hydrogen) atoms. The highest BCUT2D eigenvalue weighted by Gasteiger charge is 2.24. The monoisotopic (exact) mass is 495 g/mol. The maximum atomic E-state index is 12.4. The Hall–Kier alpha value is -2.96. The van der Waals surface area contributed by atoms with Crippen LogP contribution in [-0.4, -0.2) is 44.1 Å². The van der Waals surface area contributed by atoms with Crippen molar-refractivity contribution in [2.45, 2.75) is 43.6 Å². The van der Waals surface area contributed by atoms with Gasteiger partial charge in [0.2, 0.25) is 10.0 Å². The molecule has 0 fully saturated rings. The minimum Gasteiger partial charge on any atom is -0.452 e. The zero-order valence-electron chi connectivity index (χ0n) is 18.8. The van der Waals surface area contributed by atoms with Gasteiger partial charge < -0.3 is 10.1 Å². The predicted molar refractivity (Wildman–Crippen MR) is 125 cm³/mol. The number of sulfonamides is 1. The lowest BCUT2D eigenvalue weighted by Crippen LogP contribution is -2.36. The number of hydrogen-bond acceptors (Lipinski definition) is 8. The molecule has 0 radical (unpaired) electrons. The van der Waals surface area contributed by atoms with Crippen LogP contribution in [0.2, 0.25) is 0 Å². The van der Waals surface area contributed by atoms with Crippen LogP contribution in [0.3, 0.4) is 0 Å². The molecule has 0 heterocycles. The molecule has 178 valence electrons. The van der Waals surface area contributed by atoms with Gasteiger partial charge in [-0.05, 0) is 57.2 Å². The highest BCUT2D eigenvalue weighted by atomic mass is 32.2. The standard InChI is InChI=1S/C21H25N3O7S2/c1-12-8-13(2)20(14(3)9-12)23-21(26)15(4)31-19(25)11-22-33(29,30)16-6-7-18(32-5)17(10-16)24(27)28/h6-10,15,22H,11H2,1-5H3,(H,23,26). The average Bonchev–Trinajstić information content (AvgIpc) is 2.74. The number of ether oxygens (including phenoxy) is 1. The molecule has 0 aromatic heterocycles. The van der Waals surface area contributed by atoms with Crippen LogP contribution < -0.4 is 10.0 Å². The first-order valence-electron chi connectivity index (χ1n) is 9.76. The quantitative estimate of drug-likeness (QED) is 0.234. The number of amides is 1. The lowest BCUT2D eigenvalue weighted by atomic mass is 10.0. The lowest BCUT2D eigenvalue weighted by molar-refractivity contribution is -0.388. The SMILES string of the molecule is CSc1ccc(S(=O)(=O)NCC(=O)OC(C)C(=O)Nc2c(C)cc(C)cc2C)cc1[N+](=O)[O-]. The Morgan fingerprint density at radius 1 is 1.15 bits per heavy atom. The number of anilines is 1. The largest absolute Gasteiger partial charge is 0.452 e. The fourth-order valence-electron chi connectivity index (χ4n) is 3.11. The van der Waals surface area contributed by atoms with E-state index in [1.54, 1.807) is 6.26 Å². The first-order chi connectivity index (χ1) is 15.4. The smallest absolute Gasteiger partial charge is 0.321 e. The Morgan fingerprint density at radius 3 is 2.30 bits per heavy atom. The van der Waals surface area contributed by atoms with Crippen LogP contribution in [0.1, 0.15) is 23.6 Å². The molecule has 0 bridgehead atoms. The molecule has 1 unspecified atom stereocenters. The molecule has 2 rings (SSSR count). The second-order valence-corrected chi connectivity index (χ2v) is 9.93. The van der Waals surface area contributed by atoms with E-state index in [1.165, 1.54) is 19.1 Å². The number of nitro groups is 1. The van der Waals surface area contributed by atoms with Gasteiger partial charge in [-0.1, -0.05) is 17.7 Å². The fourth-order valence-corrected chi connectivity index (χ4v) is 4.65. The minimum atomic E-state index is -4.22. The van der Waals surface area contributed by atoms with Crippen LogP contribution in [0.15, 0.2) is 40.1 Å². The normalized spacial score (nSPS) is 12.2. The molecule has 0 aliphatic heterocycles. The number of carbonyl (C=O) groups excluding carboxylic acids is 2. The molecule has 12 heteroatoms. The number of esters is 1. The third-order valence-corrected chi connectivity index (χ3v) is 6.85. The van der Waals surface area contributed by atoms with E-state index in [2.05, 4.69) is 5.32 Å². The van der Waals surface area contributed by atoms with Gasteiger partial charge >= 0.3 is 5.97 Å². The number of benzene rings is 2. The van der Waals surface area contributed by atoms with Gasteiger partial charge in [-0.15, -0.1) is 11.8 Å². The van der Waals surface area contributed by atoms with E-state index < -0.39 is 39.5 Å². The fraction of sp³-hybridized carbons (Fsp3) is 0.333. The van der Waals surface area contributed by atoms with E-state index in [-0.39, 0.29) is 10.6 Å². The Balaban J connectivity index is 2.01. The summed E-state index contributed by atoms with van der Waals surface area (Å²) in [5.41, 5.74) is 3.01. The van der Waals surface area contributed by atoms with Crippen molar-refractivity contribution in [1.82, 2.24) is 4.72 Å². The van der Waals surface area contributed by atoms with Crippen molar-refractivity contribution >= 4 is 45.0 Å². The van der Waals surface area contributed by atoms with Crippen LogP contribution in [0, 0.1) is 30.9 Å². The van der Waals surface area contributed by atoms with Gasteiger partial charge in [-0.2, -0.15) is 4.72 Å². The molecule has 0 spiro atoms. The molecular formula is C21H25N3O7S2. The van der Waals surface area contributed by atoms with E-state index in [4.69, 9.17) is 4.74 Å². The summed E-state index contributed by atoms with van der Waals surface area (Å²) in [6, 6.07) is 7.25. The summed E-state index contributed by atoms with van der Waals surface area (Å²) in [7, 11) is -4.22. The van der Waals surface area contributed by atoms with Crippen LogP contribution in [0.25, 0.3) is 0 Å². The molecule has 2 aromatic rings. The molecule has 2 aromatic carbocycles. The van der Waals surface area contributed by atoms with E-state index in [1.807, 2.05) is 37.6 Å². The maximum Gasteiger partial charge on any atom is 0.321 e. The Labute approximate surface area is 196 Å². The highest BCUT2D eigenvalue weighted by molar-refractivity contribution is 7.98. The topological polar surface area (TPSA) is 145 Å². The zero-order chi connectivity index (χ0) is 24.9. The first kappa shape index (κ1) is 26.3. The summed E-state index contributed by atoms with van der Waals surface area (Å²) < 4.78 is 32.0. The third-order valence-electron chi connectivity index (χ3n) is 4.67. The van der Waals surface area contributed by atoms with Gasteiger partial charge in [0.25, 0.3) is 11.6 Å². The average molecular weight is 496 g/mol. The summed E-state index contributed by atoms with van der Waals surface area (Å²) in [6.45, 7) is 6.24. The molecule has 0 aliphatic carbocycles. The second-order valence-electron chi connectivity index (χ2n) is 7.31. The predicted octanol–water partition coefficient (Wildman–Crippen LogP) is 3.09. The highest BCUT2D eigenvalue weighted by Crippen LogP contribution is 2.29. The lowest BCUT2D eigenvalue weighted by Gasteiger charge is -2.17. The van der Waals surface area contributed by atoms with Crippen molar-refractivity contribution in [2.24, 2.45) is 0 Å². The summed E-state index contributed by atoms with van der Waals surface area (Å²) in [5, 5.41) is 13.9. The van der Waals surface area contributed by atoms with E-state index >= 15 is 0 Å². The molecule has 1 atom stereocenters. The van der Waals surface area contributed by atoms with Crippen LogP contribution in [0.4, 0.5) is 11.4 Å². The number of nitrogens with one attached hydrogen (secondary N) is 2. The van der Waals surface area contributed by atoms with Gasteiger partial charge in [-0.25, -0.2) is 8.42 Å². The summed E-state index contributed by atoms with van der Waals surface area (Å²) in [5.74, 6) is -1.54. The van der Waals surface area contributed by atoms with Gasteiger partial charge in [0.1, 0.15) is 6.54 Å².